The van der Waals surface area contributed by atoms with E-state index in [1.54, 1.807) is 0 Å². The molecule has 0 radical (unpaired) electrons. The second-order valence-corrected chi connectivity index (χ2v) is 8.46. The highest BCUT2D eigenvalue weighted by Crippen LogP contribution is 2.10. The minimum Gasteiger partial charge on any atom is -0.351 e. The first-order valence-corrected chi connectivity index (χ1v) is 9.67. The molecule has 130 valence electrons. The summed E-state index contributed by atoms with van der Waals surface area (Å²) in [5.41, 5.74) is 4.06. The van der Waals surface area contributed by atoms with Gasteiger partial charge in [-0.15, -0.1) is 0 Å². The Bertz CT molecular complexity index is 841. The molecule has 1 atom stereocenters. The number of benzene rings is 1. The van der Waals surface area contributed by atoms with Crippen molar-refractivity contribution in [3.8, 4) is 0 Å². The Hall–Kier alpha value is -2.15. The number of hydrogen-bond donors (Lipinski definition) is 1. The van der Waals surface area contributed by atoms with E-state index in [4.69, 9.17) is 0 Å². The van der Waals surface area contributed by atoms with E-state index in [0.29, 0.717) is 13.1 Å². The van der Waals surface area contributed by atoms with Crippen molar-refractivity contribution in [2.24, 2.45) is 0 Å². The number of aryl methyl sites for hydroxylation is 2. The number of carbonyl (C=O) groups excluding carboxylic acids is 1. The van der Waals surface area contributed by atoms with Crippen LogP contribution in [0.15, 0.2) is 30.3 Å². The Morgan fingerprint density at radius 2 is 1.92 bits per heavy atom. The minimum absolute atomic E-state index is 0.295. The fraction of sp³-hybridized carbons (Fsp3) is 0.412. The fourth-order valence-corrected chi connectivity index (χ4v) is 2.85. The molecular formula is C17H23N3O3S. The highest BCUT2D eigenvalue weighted by molar-refractivity contribution is 7.92. The Balaban J connectivity index is 2.03. The molecular weight excluding hydrogens is 326 g/mol. The second-order valence-electron chi connectivity index (χ2n) is 6.09. The van der Waals surface area contributed by atoms with Crippen molar-refractivity contribution in [3.63, 3.8) is 0 Å². The van der Waals surface area contributed by atoms with Gasteiger partial charge in [0, 0.05) is 18.5 Å². The van der Waals surface area contributed by atoms with Crippen LogP contribution in [0.1, 0.15) is 29.4 Å². The van der Waals surface area contributed by atoms with Crippen LogP contribution in [0, 0.1) is 13.8 Å². The van der Waals surface area contributed by atoms with Gasteiger partial charge in [0.05, 0.1) is 12.2 Å². The maximum atomic E-state index is 11.9. The van der Waals surface area contributed by atoms with Crippen molar-refractivity contribution in [2.45, 2.75) is 39.1 Å². The lowest BCUT2D eigenvalue weighted by Gasteiger charge is -2.11. The highest BCUT2D eigenvalue weighted by atomic mass is 32.2. The smallest absolute Gasteiger partial charge is 0.238 e. The molecule has 2 rings (SSSR count). The fourth-order valence-electron chi connectivity index (χ4n) is 2.37. The largest absolute Gasteiger partial charge is 0.351 e. The summed E-state index contributed by atoms with van der Waals surface area (Å²) in [5.74, 6) is -0.485. The Morgan fingerprint density at radius 3 is 2.50 bits per heavy atom. The first-order valence-electron chi connectivity index (χ1n) is 7.72. The van der Waals surface area contributed by atoms with Crippen molar-refractivity contribution in [1.29, 1.82) is 0 Å². The molecule has 0 aliphatic heterocycles. The number of aromatic nitrogens is 2. The monoisotopic (exact) mass is 349 g/mol. The van der Waals surface area contributed by atoms with E-state index in [2.05, 4.69) is 10.4 Å². The van der Waals surface area contributed by atoms with Gasteiger partial charge in [0.2, 0.25) is 5.91 Å². The number of hydrogen-bond acceptors (Lipinski definition) is 4. The summed E-state index contributed by atoms with van der Waals surface area (Å²) < 4.78 is 24.7. The number of carbonyl (C=O) groups is 1. The van der Waals surface area contributed by atoms with E-state index in [9.17, 15) is 13.2 Å². The first kappa shape index (κ1) is 18.2. The number of amides is 1. The standard InChI is InChI=1S/C17H23N3O3S/c1-12-8-13(2)20(19-12)11-16-7-5-6-15(9-16)10-18-17(21)14(3)24(4,22)23/h5-9,14H,10-11H2,1-4H3,(H,18,21)/t14-/m1/s1. The molecule has 6 nitrogen and oxygen atoms in total. The molecule has 1 heterocycles. The van der Waals surface area contributed by atoms with Crippen LogP contribution in [0.2, 0.25) is 0 Å². The van der Waals surface area contributed by atoms with E-state index in [0.717, 1.165) is 28.8 Å². The molecule has 0 unspecified atom stereocenters. The van der Waals surface area contributed by atoms with Crippen LogP contribution < -0.4 is 5.32 Å². The molecule has 0 saturated heterocycles. The van der Waals surface area contributed by atoms with E-state index in [-0.39, 0.29) is 0 Å². The predicted molar refractivity (Wildman–Crippen MR) is 93.4 cm³/mol. The summed E-state index contributed by atoms with van der Waals surface area (Å²) in [5, 5.41) is 6.07. The third-order valence-corrected chi connectivity index (χ3v) is 5.40. The second kappa shape index (κ2) is 7.17. The minimum atomic E-state index is -3.38. The van der Waals surface area contributed by atoms with Crippen molar-refractivity contribution < 1.29 is 13.2 Å². The third kappa shape index (κ3) is 4.67. The van der Waals surface area contributed by atoms with Gasteiger partial charge in [0.25, 0.3) is 0 Å². The highest BCUT2D eigenvalue weighted by Gasteiger charge is 2.22. The molecule has 0 aliphatic rings. The van der Waals surface area contributed by atoms with Crippen LogP contribution in [0.4, 0.5) is 0 Å². The van der Waals surface area contributed by atoms with Gasteiger partial charge in [-0.25, -0.2) is 8.42 Å². The lowest BCUT2D eigenvalue weighted by Crippen LogP contribution is -2.37. The average Bonchev–Trinajstić information content (AvgIpc) is 2.81. The summed E-state index contributed by atoms with van der Waals surface area (Å²) in [6, 6.07) is 9.83. The van der Waals surface area contributed by atoms with E-state index in [1.165, 1.54) is 6.92 Å². The van der Waals surface area contributed by atoms with Crippen LogP contribution in [-0.2, 0) is 27.7 Å². The number of sulfone groups is 1. The molecule has 24 heavy (non-hydrogen) atoms. The molecule has 2 aromatic rings. The summed E-state index contributed by atoms with van der Waals surface area (Å²) in [4.78, 5) is 11.9. The number of nitrogens with one attached hydrogen (secondary N) is 1. The van der Waals surface area contributed by atoms with Gasteiger partial charge in [-0.05, 0) is 38.0 Å². The molecule has 0 aliphatic carbocycles. The maximum Gasteiger partial charge on any atom is 0.238 e. The Kier molecular flexibility index (Phi) is 5.43. The molecule has 1 aromatic heterocycles. The zero-order valence-electron chi connectivity index (χ0n) is 14.4. The van der Waals surface area contributed by atoms with Gasteiger partial charge in [-0.1, -0.05) is 24.3 Å². The zero-order valence-corrected chi connectivity index (χ0v) is 15.2. The lowest BCUT2D eigenvalue weighted by atomic mass is 10.1. The molecule has 0 fully saturated rings. The van der Waals surface area contributed by atoms with Crippen molar-refractivity contribution >= 4 is 15.7 Å². The van der Waals surface area contributed by atoms with Gasteiger partial charge in [-0.3, -0.25) is 9.48 Å². The SMILES string of the molecule is Cc1cc(C)n(Cc2cccc(CNC(=O)[C@@H](C)S(C)(=O)=O)c2)n1. The normalized spacial score (nSPS) is 12.8. The van der Waals surface area contributed by atoms with Crippen LogP contribution in [0.5, 0.6) is 0 Å². The Labute approximate surface area is 142 Å². The summed E-state index contributed by atoms with van der Waals surface area (Å²) >= 11 is 0. The molecule has 1 amide bonds. The van der Waals surface area contributed by atoms with Gasteiger partial charge in [-0.2, -0.15) is 5.10 Å². The van der Waals surface area contributed by atoms with Crippen molar-refractivity contribution in [3.05, 3.63) is 52.8 Å². The summed E-state index contributed by atoms with van der Waals surface area (Å²) in [6.45, 7) is 6.31. The molecule has 1 aromatic carbocycles. The summed E-state index contributed by atoms with van der Waals surface area (Å²) in [6.07, 6.45) is 1.06. The zero-order chi connectivity index (χ0) is 17.9. The maximum absolute atomic E-state index is 11.9. The van der Waals surface area contributed by atoms with E-state index >= 15 is 0 Å². The van der Waals surface area contributed by atoms with Gasteiger partial charge in [0.1, 0.15) is 5.25 Å². The van der Waals surface area contributed by atoms with Gasteiger partial charge >= 0.3 is 0 Å². The molecule has 0 saturated carbocycles. The predicted octanol–water partition coefficient (Wildman–Crippen LogP) is 1.60. The topological polar surface area (TPSA) is 81.1 Å². The first-order chi connectivity index (χ1) is 11.2. The van der Waals surface area contributed by atoms with Crippen LogP contribution in [-0.4, -0.2) is 35.6 Å². The molecule has 7 heteroatoms. The van der Waals surface area contributed by atoms with Crippen molar-refractivity contribution in [1.82, 2.24) is 15.1 Å². The third-order valence-electron chi connectivity index (χ3n) is 3.91. The van der Waals surface area contributed by atoms with E-state index < -0.39 is 21.0 Å². The summed E-state index contributed by atoms with van der Waals surface area (Å²) in [7, 11) is -3.38. The van der Waals surface area contributed by atoms with Crippen molar-refractivity contribution in [2.75, 3.05) is 6.26 Å². The quantitative estimate of drug-likeness (QED) is 0.859. The number of rotatable bonds is 6. The molecule has 0 spiro atoms. The Morgan fingerprint density at radius 1 is 1.25 bits per heavy atom. The average molecular weight is 349 g/mol. The van der Waals surface area contributed by atoms with Crippen LogP contribution in [0.3, 0.4) is 0 Å². The molecule has 1 N–H and O–H groups in total. The lowest BCUT2D eigenvalue weighted by molar-refractivity contribution is -0.120. The van der Waals surface area contributed by atoms with Gasteiger partial charge in [0.15, 0.2) is 9.84 Å². The number of nitrogens with zero attached hydrogens (tertiary/aromatic N) is 2. The van der Waals surface area contributed by atoms with Crippen LogP contribution >= 0.6 is 0 Å². The van der Waals surface area contributed by atoms with Gasteiger partial charge < -0.3 is 5.32 Å². The van der Waals surface area contributed by atoms with Crippen LogP contribution in [0.25, 0.3) is 0 Å². The molecule has 0 bridgehead atoms. The van der Waals surface area contributed by atoms with E-state index in [1.807, 2.05) is 48.9 Å².